The molecule has 1 saturated heterocycles. The van der Waals surface area contributed by atoms with E-state index in [-0.39, 0.29) is 49.8 Å². The van der Waals surface area contributed by atoms with Crippen molar-refractivity contribution in [1.82, 2.24) is 15.1 Å². The van der Waals surface area contributed by atoms with Gasteiger partial charge >= 0.3 is 0 Å². The topological polar surface area (TPSA) is 95.7 Å². The van der Waals surface area contributed by atoms with Gasteiger partial charge < -0.3 is 20.9 Å². The van der Waals surface area contributed by atoms with Gasteiger partial charge in [-0.15, -0.1) is 12.4 Å². The standard InChI is InChI=1S/C11H18N4O3.ClH/c12-5-9(16)13-6-10(17)14-3-4-15(8-1-2-8)11(18)7-14;/h8H,1-7,12H2,(H,13,16);1H. The van der Waals surface area contributed by atoms with Gasteiger partial charge in [-0.05, 0) is 12.8 Å². The van der Waals surface area contributed by atoms with Crippen LogP contribution in [0.3, 0.4) is 0 Å². The molecule has 0 aromatic heterocycles. The van der Waals surface area contributed by atoms with Crippen molar-refractivity contribution < 1.29 is 14.4 Å². The van der Waals surface area contributed by atoms with Crippen LogP contribution in [0.5, 0.6) is 0 Å². The minimum absolute atomic E-state index is 0. The predicted molar refractivity (Wildman–Crippen MR) is 70.6 cm³/mol. The number of carbonyl (C=O) groups excluding carboxylic acids is 3. The first kappa shape index (κ1) is 15.7. The van der Waals surface area contributed by atoms with Crippen molar-refractivity contribution in [1.29, 1.82) is 0 Å². The molecule has 7 nitrogen and oxygen atoms in total. The second-order valence-corrected chi connectivity index (χ2v) is 4.61. The molecular formula is C11H19ClN4O3. The van der Waals surface area contributed by atoms with E-state index in [1.807, 2.05) is 4.90 Å². The number of rotatable bonds is 4. The molecule has 2 rings (SSSR count). The number of nitrogens with two attached hydrogens (primary N) is 1. The third kappa shape index (κ3) is 4.07. The molecular weight excluding hydrogens is 272 g/mol. The Labute approximate surface area is 117 Å². The summed E-state index contributed by atoms with van der Waals surface area (Å²) in [6.07, 6.45) is 2.15. The van der Waals surface area contributed by atoms with Crippen LogP contribution >= 0.6 is 12.4 Å². The van der Waals surface area contributed by atoms with Crippen LogP contribution in [0.1, 0.15) is 12.8 Å². The van der Waals surface area contributed by atoms with Crippen LogP contribution in [0.25, 0.3) is 0 Å². The monoisotopic (exact) mass is 290 g/mol. The van der Waals surface area contributed by atoms with Gasteiger partial charge in [0.25, 0.3) is 0 Å². The van der Waals surface area contributed by atoms with Gasteiger partial charge in [-0.1, -0.05) is 0 Å². The van der Waals surface area contributed by atoms with E-state index in [1.165, 1.54) is 4.90 Å². The summed E-state index contributed by atoms with van der Waals surface area (Å²) in [4.78, 5) is 37.8. The molecule has 19 heavy (non-hydrogen) atoms. The van der Waals surface area contributed by atoms with Crippen LogP contribution in [0.2, 0.25) is 0 Å². The van der Waals surface area contributed by atoms with E-state index in [4.69, 9.17) is 5.73 Å². The number of nitrogens with one attached hydrogen (secondary N) is 1. The Hall–Kier alpha value is -1.34. The molecule has 0 radical (unpaired) electrons. The Balaban J connectivity index is 0.00000180. The molecule has 1 aliphatic carbocycles. The second kappa shape index (κ2) is 6.72. The fourth-order valence-electron chi connectivity index (χ4n) is 2.03. The average molecular weight is 291 g/mol. The van der Waals surface area contributed by atoms with Gasteiger partial charge in [-0.3, -0.25) is 14.4 Å². The first-order chi connectivity index (χ1) is 8.61. The minimum atomic E-state index is -0.369. The molecule has 1 saturated carbocycles. The summed E-state index contributed by atoms with van der Waals surface area (Å²) in [5, 5.41) is 2.41. The van der Waals surface area contributed by atoms with Gasteiger partial charge in [0.15, 0.2) is 0 Å². The Bertz CT molecular complexity index is 373. The minimum Gasteiger partial charge on any atom is -0.346 e. The zero-order valence-corrected chi connectivity index (χ0v) is 11.4. The molecule has 0 atom stereocenters. The van der Waals surface area contributed by atoms with Crippen LogP contribution in [0.4, 0.5) is 0 Å². The molecule has 108 valence electrons. The number of hydrogen-bond donors (Lipinski definition) is 2. The Morgan fingerprint density at radius 2 is 2.00 bits per heavy atom. The van der Waals surface area contributed by atoms with Crippen LogP contribution in [0, 0.1) is 0 Å². The van der Waals surface area contributed by atoms with Crippen molar-refractivity contribution in [3.63, 3.8) is 0 Å². The number of halogens is 1. The van der Waals surface area contributed by atoms with Gasteiger partial charge in [0, 0.05) is 19.1 Å². The normalized spacial score (nSPS) is 18.9. The number of hydrogen-bond acceptors (Lipinski definition) is 4. The zero-order valence-electron chi connectivity index (χ0n) is 10.6. The lowest BCUT2D eigenvalue weighted by Crippen LogP contribution is -2.54. The van der Waals surface area contributed by atoms with E-state index in [2.05, 4.69) is 5.32 Å². The summed E-state index contributed by atoms with van der Waals surface area (Å²) in [5.74, 6) is -0.603. The van der Waals surface area contributed by atoms with Crippen molar-refractivity contribution in [2.75, 3.05) is 32.7 Å². The van der Waals surface area contributed by atoms with Gasteiger partial charge in [0.1, 0.15) is 0 Å². The van der Waals surface area contributed by atoms with Crippen molar-refractivity contribution in [3.8, 4) is 0 Å². The highest BCUT2D eigenvalue weighted by Gasteiger charge is 2.36. The molecule has 0 aromatic carbocycles. The summed E-state index contributed by atoms with van der Waals surface area (Å²) in [6.45, 7) is 1.03. The van der Waals surface area contributed by atoms with Gasteiger partial charge in [-0.2, -0.15) is 0 Å². The van der Waals surface area contributed by atoms with E-state index in [0.717, 1.165) is 12.8 Å². The molecule has 0 unspecified atom stereocenters. The molecule has 3 amide bonds. The van der Waals surface area contributed by atoms with E-state index in [0.29, 0.717) is 19.1 Å². The summed E-state index contributed by atoms with van der Waals surface area (Å²) >= 11 is 0. The molecule has 0 aromatic rings. The SMILES string of the molecule is Cl.NCC(=O)NCC(=O)N1CCN(C2CC2)C(=O)C1. The molecule has 1 heterocycles. The first-order valence-corrected chi connectivity index (χ1v) is 6.16. The highest BCUT2D eigenvalue weighted by atomic mass is 35.5. The molecule has 2 fully saturated rings. The zero-order chi connectivity index (χ0) is 13.1. The third-order valence-corrected chi connectivity index (χ3v) is 3.22. The summed E-state index contributed by atoms with van der Waals surface area (Å²) < 4.78 is 0. The van der Waals surface area contributed by atoms with Gasteiger partial charge in [-0.25, -0.2) is 0 Å². The van der Waals surface area contributed by atoms with Gasteiger partial charge in [0.05, 0.1) is 19.6 Å². The quantitative estimate of drug-likeness (QED) is 0.646. The predicted octanol–water partition coefficient (Wildman–Crippen LogP) is -1.68. The molecule has 2 aliphatic rings. The van der Waals surface area contributed by atoms with E-state index < -0.39 is 0 Å². The second-order valence-electron chi connectivity index (χ2n) is 4.61. The molecule has 0 spiro atoms. The summed E-state index contributed by atoms with van der Waals surface area (Å²) in [6, 6.07) is 0.395. The van der Waals surface area contributed by atoms with E-state index in [9.17, 15) is 14.4 Å². The smallest absolute Gasteiger partial charge is 0.242 e. The van der Waals surface area contributed by atoms with Crippen molar-refractivity contribution in [3.05, 3.63) is 0 Å². The van der Waals surface area contributed by atoms with Crippen LogP contribution in [0.15, 0.2) is 0 Å². The Kier molecular flexibility index (Phi) is 5.56. The average Bonchev–Trinajstić information content (AvgIpc) is 3.19. The number of amides is 3. The summed E-state index contributed by atoms with van der Waals surface area (Å²) in [5.41, 5.74) is 5.12. The van der Waals surface area contributed by atoms with Crippen molar-refractivity contribution >= 4 is 30.1 Å². The third-order valence-electron chi connectivity index (χ3n) is 3.22. The van der Waals surface area contributed by atoms with Crippen molar-refractivity contribution in [2.24, 2.45) is 5.73 Å². The molecule has 1 aliphatic heterocycles. The van der Waals surface area contributed by atoms with Crippen molar-refractivity contribution in [2.45, 2.75) is 18.9 Å². The van der Waals surface area contributed by atoms with Crippen LogP contribution < -0.4 is 11.1 Å². The first-order valence-electron chi connectivity index (χ1n) is 6.16. The molecule has 8 heteroatoms. The van der Waals surface area contributed by atoms with Crippen LogP contribution in [-0.4, -0.2) is 66.3 Å². The highest BCUT2D eigenvalue weighted by molar-refractivity contribution is 5.89. The molecule has 3 N–H and O–H groups in total. The maximum Gasteiger partial charge on any atom is 0.242 e. The van der Waals surface area contributed by atoms with E-state index in [1.54, 1.807) is 0 Å². The maximum absolute atomic E-state index is 11.8. The fourth-order valence-corrected chi connectivity index (χ4v) is 2.03. The Morgan fingerprint density at radius 1 is 1.32 bits per heavy atom. The van der Waals surface area contributed by atoms with Gasteiger partial charge in [0.2, 0.25) is 17.7 Å². The highest BCUT2D eigenvalue weighted by Crippen LogP contribution is 2.27. The lowest BCUT2D eigenvalue weighted by molar-refractivity contribution is -0.145. The lowest BCUT2D eigenvalue weighted by atomic mass is 10.3. The fraction of sp³-hybridized carbons (Fsp3) is 0.727. The largest absolute Gasteiger partial charge is 0.346 e. The maximum atomic E-state index is 11.8. The Morgan fingerprint density at radius 3 is 2.53 bits per heavy atom. The van der Waals surface area contributed by atoms with E-state index >= 15 is 0 Å². The lowest BCUT2D eigenvalue weighted by Gasteiger charge is -2.34. The summed E-state index contributed by atoms with van der Waals surface area (Å²) in [7, 11) is 0. The number of piperazine rings is 1. The van der Waals surface area contributed by atoms with Crippen LogP contribution in [-0.2, 0) is 14.4 Å². The number of carbonyl (C=O) groups is 3. The number of nitrogens with zero attached hydrogens (tertiary/aromatic N) is 2. The molecule has 0 bridgehead atoms.